The predicted octanol–water partition coefficient (Wildman–Crippen LogP) is 7.61. The van der Waals surface area contributed by atoms with Gasteiger partial charge < -0.3 is 24.8 Å². The minimum atomic E-state index is -3.04. The molecule has 52 heavy (non-hydrogen) atoms. The van der Waals surface area contributed by atoms with Crippen molar-refractivity contribution in [2.24, 2.45) is 5.92 Å². The maximum Gasteiger partial charge on any atom is -1.00 e. The summed E-state index contributed by atoms with van der Waals surface area (Å²) in [7, 11) is 0. The van der Waals surface area contributed by atoms with E-state index < -0.39 is 21.3 Å². The molecule has 0 nitrogen and oxygen atoms in total. The van der Waals surface area contributed by atoms with Crippen molar-refractivity contribution in [3.63, 3.8) is 0 Å². The van der Waals surface area contributed by atoms with E-state index >= 15 is 0 Å². The fourth-order valence-electron chi connectivity index (χ4n) is 9.14. The van der Waals surface area contributed by atoms with Crippen LogP contribution in [0.1, 0.15) is 116 Å². The summed E-state index contributed by atoms with van der Waals surface area (Å²) in [5.74, 6) is 0.378. The molecule has 1 unspecified atom stereocenters. The Bertz CT molecular complexity index is 2160. The number of hydrogen-bond donors (Lipinski definition) is 0. The molecule has 4 aromatic carbocycles. The van der Waals surface area contributed by atoms with Gasteiger partial charge in [-0.25, -0.2) is 0 Å². The van der Waals surface area contributed by atoms with Gasteiger partial charge in [0.25, 0.3) is 0 Å². The van der Waals surface area contributed by atoms with Gasteiger partial charge in [-0.15, -0.1) is 0 Å². The Morgan fingerprint density at radius 2 is 1.12 bits per heavy atom. The van der Waals surface area contributed by atoms with Crippen molar-refractivity contribution in [3.8, 4) is 11.1 Å². The van der Waals surface area contributed by atoms with Crippen molar-refractivity contribution >= 4 is 37.6 Å². The van der Waals surface area contributed by atoms with Crippen molar-refractivity contribution in [1.82, 2.24) is 0 Å². The Kier molecular flexibility index (Phi) is 11.0. The Morgan fingerprint density at radius 1 is 0.654 bits per heavy atom. The Hall–Kier alpha value is -2.25. The van der Waals surface area contributed by atoms with Gasteiger partial charge in [0.15, 0.2) is 0 Å². The van der Waals surface area contributed by atoms with Crippen LogP contribution in [0.15, 0.2) is 106 Å². The molecule has 8 rings (SSSR count). The first-order valence-electron chi connectivity index (χ1n) is 18.1. The van der Waals surface area contributed by atoms with Gasteiger partial charge in [0.2, 0.25) is 0 Å². The normalized spacial score (nSPS) is 18.8. The first kappa shape index (κ1) is 39.4. The van der Waals surface area contributed by atoms with Crippen molar-refractivity contribution < 1.29 is 46.1 Å². The summed E-state index contributed by atoms with van der Waals surface area (Å²) in [6.07, 6.45) is 12.1. The molecule has 0 saturated carbocycles. The van der Waals surface area contributed by atoms with Crippen LogP contribution in [0.25, 0.3) is 22.3 Å². The molecule has 0 fully saturated rings. The van der Waals surface area contributed by atoms with Crippen LogP contribution in [0.2, 0.25) is 10.0 Å². The molecule has 266 valence electrons. The third kappa shape index (κ3) is 6.60. The summed E-state index contributed by atoms with van der Waals surface area (Å²) in [6, 6.07) is 27.7. The summed E-state index contributed by atoms with van der Waals surface area (Å²) in [6.45, 7) is 19.0. The van der Waals surface area contributed by atoms with E-state index in [4.69, 9.17) is 23.2 Å². The van der Waals surface area contributed by atoms with E-state index in [0.717, 1.165) is 22.9 Å². The van der Waals surface area contributed by atoms with Gasteiger partial charge in [0.1, 0.15) is 0 Å². The number of benzene rings is 4. The summed E-state index contributed by atoms with van der Waals surface area (Å²) >= 11 is 10.6. The van der Waals surface area contributed by atoms with Crippen LogP contribution in [0.3, 0.4) is 0 Å². The molecule has 0 amide bonds. The molecule has 0 aliphatic heterocycles. The summed E-state index contributed by atoms with van der Waals surface area (Å²) in [5.41, 5.74) is 18.5. The second-order valence-electron chi connectivity index (χ2n) is 16.5. The van der Waals surface area contributed by atoms with Crippen molar-refractivity contribution in [3.05, 3.63) is 161 Å². The van der Waals surface area contributed by atoms with Crippen molar-refractivity contribution in [2.45, 2.75) is 82.7 Å². The third-order valence-corrected chi connectivity index (χ3v) is 21.1. The summed E-state index contributed by atoms with van der Waals surface area (Å²) < 4.78 is 3.41. The minimum Gasteiger partial charge on any atom is -1.00 e. The second kappa shape index (κ2) is 14.4. The molecule has 5 heteroatoms. The molecule has 0 heterocycles. The third-order valence-electron chi connectivity index (χ3n) is 11.9. The van der Waals surface area contributed by atoms with E-state index in [0.29, 0.717) is 9.54 Å². The van der Waals surface area contributed by atoms with Gasteiger partial charge in [0.05, 0.1) is 0 Å². The first-order chi connectivity index (χ1) is 23.7. The molecule has 0 saturated heterocycles. The van der Waals surface area contributed by atoms with E-state index in [9.17, 15) is 0 Å². The van der Waals surface area contributed by atoms with Crippen LogP contribution in [0.5, 0.6) is 0 Å². The zero-order valence-electron chi connectivity index (χ0n) is 31.3. The fraction of sp³-hybridized carbons (Fsp3) is 0.298. The quantitative estimate of drug-likeness (QED) is 0.199. The topological polar surface area (TPSA) is 0 Å². The molecule has 0 spiro atoms. The number of halogens is 4. The zero-order chi connectivity index (χ0) is 35.3. The van der Waals surface area contributed by atoms with Crippen molar-refractivity contribution in [1.29, 1.82) is 0 Å². The summed E-state index contributed by atoms with van der Waals surface area (Å²) in [5, 5.41) is 1.55. The van der Waals surface area contributed by atoms with E-state index in [1.54, 1.807) is 3.28 Å². The smallest absolute Gasteiger partial charge is 1.00 e. The monoisotopic (exact) mass is 840 g/mol. The average Bonchev–Trinajstić information content (AvgIpc) is 3.57. The maximum atomic E-state index is 6.84. The standard InChI is InChI=1S/C27H29.C13H8Cl2.C7H9.2ClH.Zr/c1-16-7-9-26(3,4)24-12-18-11-19-13-25-21(17(2)8-10-27(25,5)6)15-23(19)22(18)14-20(16)24;14-12-5-1-3-10(8-12)7-11-4-2-6-13(15)9-11;1-6-3-4-7(2)5-6;;;/h7-8,11-15H,9-10H2,1-6H3;1-6,8-9H;3,5,7H,1-2H3;2*1H;/q;;;;;+2/p-2. The minimum absolute atomic E-state index is 0. The largest absolute Gasteiger partial charge is 1.00 e. The van der Waals surface area contributed by atoms with Crippen LogP contribution < -0.4 is 24.8 Å². The molecule has 4 aliphatic rings. The van der Waals surface area contributed by atoms with Crippen molar-refractivity contribution in [2.75, 3.05) is 0 Å². The molecular weight excluding hydrogens is 798 g/mol. The van der Waals surface area contributed by atoms with Crippen LogP contribution in [0.4, 0.5) is 0 Å². The van der Waals surface area contributed by atoms with E-state index in [1.807, 2.05) is 12.1 Å². The Morgan fingerprint density at radius 3 is 1.52 bits per heavy atom. The molecular formula is C47H46Cl4Zr. The fourth-order valence-corrected chi connectivity index (χ4v) is 19.1. The molecule has 0 N–H and O–H groups in total. The molecule has 4 aromatic rings. The molecule has 0 radical (unpaired) electrons. The van der Waals surface area contributed by atoms with Crippen LogP contribution in [0, 0.1) is 5.92 Å². The molecule has 0 bridgehead atoms. The first-order valence-corrected chi connectivity index (χ1v) is 22.7. The molecule has 4 aliphatic carbocycles. The number of fused-ring (bicyclic) bond motifs is 5. The Balaban J connectivity index is 0.00000232. The molecule has 1 atom stereocenters. The molecule has 0 aromatic heterocycles. The SMILES string of the molecule is CC1=CC(C)[C]([Zr+2](=[C](c2cccc(Cl)c2)c2cccc(Cl)c2)[CH]2c3cc4c(cc3-c3cc5c(cc32)C(C)(C)CC=C5C)C(C)=CCC4(C)C)=C1.[Cl-].[Cl-]. The van der Waals surface area contributed by atoms with Crippen LogP contribution in [-0.4, -0.2) is 3.21 Å². The maximum absolute atomic E-state index is 6.84. The van der Waals surface area contributed by atoms with E-state index in [1.165, 1.54) is 75.6 Å². The second-order valence-corrected chi connectivity index (χ2v) is 23.4. The zero-order valence-corrected chi connectivity index (χ0v) is 36.8. The van der Waals surface area contributed by atoms with Gasteiger partial charge in [-0.05, 0) is 0 Å². The van der Waals surface area contributed by atoms with Gasteiger partial charge in [-0.3, -0.25) is 0 Å². The van der Waals surface area contributed by atoms with Gasteiger partial charge in [0, 0.05) is 0 Å². The van der Waals surface area contributed by atoms with Crippen LogP contribution in [-0.2, 0) is 32.1 Å². The number of allylic oxidation sites excluding steroid dienone is 8. The van der Waals surface area contributed by atoms with Crippen LogP contribution >= 0.6 is 23.2 Å². The van der Waals surface area contributed by atoms with Gasteiger partial charge in [-0.2, -0.15) is 0 Å². The number of hydrogen-bond acceptors (Lipinski definition) is 0. The summed E-state index contributed by atoms with van der Waals surface area (Å²) in [4.78, 5) is 0. The average molecular weight is 844 g/mol. The predicted molar refractivity (Wildman–Crippen MR) is 213 cm³/mol. The van der Waals surface area contributed by atoms with Gasteiger partial charge in [-0.1, -0.05) is 0 Å². The number of rotatable bonds is 4. The Labute approximate surface area is 341 Å². The van der Waals surface area contributed by atoms with E-state index in [2.05, 4.69) is 140 Å². The van der Waals surface area contributed by atoms with E-state index in [-0.39, 0.29) is 35.6 Å². The van der Waals surface area contributed by atoms with Gasteiger partial charge >= 0.3 is 319 Å².